The number of halogens is 2. The van der Waals surface area contributed by atoms with E-state index >= 15 is 0 Å². The number of aromatic hydroxyl groups is 1. The third kappa shape index (κ3) is 4.30. The van der Waals surface area contributed by atoms with Crippen molar-refractivity contribution in [2.75, 3.05) is 5.32 Å². The lowest BCUT2D eigenvalue weighted by Gasteiger charge is -2.12. The molecule has 3 aromatic rings. The van der Waals surface area contributed by atoms with Gasteiger partial charge in [0.15, 0.2) is 5.82 Å². The summed E-state index contributed by atoms with van der Waals surface area (Å²) in [5.74, 6) is 1.15. The number of aliphatic imine (C=N–C) groups is 1. The molecule has 0 fully saturated rings. The summed E-state index contributed by atoms with van der Waals surface area (Å²) in [4.78, 5) is 15.7. The minimum Gasteiger partial charge on any atom is -0.492 e. The van der Waals surface area contributed by atoms with Crippen molar-refractivity contribution < 1.29 is 5.11 Å². The first-order valence-corrected chi connectivity index (χ1v) is 8.02. The van der Waals surface area contributed by atoms with Crippen LogP contribution in [0.15, 0.2) is 53.7 Å². The second-order valence-corrected chi connectivity index (χ2v) is 5.83. The van der Waals surface area contributed by atoms with Crippen LogP contribution in [0, 0.1) is 0 Å². The van der Waals surface area contributed by atoms with Crippen LogP contribution in [0.3, 0.4) is 0 Å². The van der Waals surface area contributed by atoms with Crippen LogP contribution in [-0.4, -0.2) is 26.3 Å². The van der Waals surface area contributed by atoms with E-state index in [1.54, 1.807) is 12.4 Å². The van der Waals surface area contributed by atoms with E-state index in [-0.39, 0.29) is 36.7 Å². The van der Waals surface area contributed by atoms with Gasteiger partial charge in [0.05, 0.1) is 6.04 Å². The number of nitrogens with one attached hydrogen (secondary N) is 2. The number of fused-ring (bicyclic) bond motifs is 1. The summed E-state index contributed by atoms with van der Waals surface area (Å²) < 4.78 is 0. The first-order valence-electron chi connectivity index (χ1n) is 8.02. The fourth-order valence-electron chi connectivity index (χ4n) is 2.77. The molecule has 0 saturated carbocycles. The Hall–Kier alpha value is -2.83. The largest absolute Gasteiger partial charge is 0.492 e. The molecule has 0 aliphatic carbocycles. The van der Waals surface area contributed by atoms with Crippen LogP contribution in [0.4, 0.5) is 11.8 Å². The van der Waals surface area contributed by atoms with Crippen molar-refractivity contribution in [1.82, 2.24) is 15.0 Å². The number of hydrogen-bond donors (Lipinski definition) is 3. The van der Waals surface area contributed by atoms with E-state index < -0.39 is 0 Å². The Bertz CT molecular complexity index is 969. The zero-order valence-electron chi connectivity index (χ0n) is 14.5. The van der Waals surface area contributed by atoms with Crippen molar-refractivity contribution in [1.29, 1.82) is 0 Å². The lowest BCUT2D eigenvalue weighted by atomic mass is 10.1. The zero-order valence-corrected chi connectivity index (χ0v) is 16.1. The third-order valence-corrected chi connectivity index (χ3v) is 4.09. The van der Waals surface area contributed by atoms with Gasteiger partial charge in [0.1, 0.15) is 5.69 Å². The summed E-state index contributed by atoms with van der Waals surface area (Å²) in [6.07, 6.45) is 5.26. The number of benzene rings is 1. The molecule has 2 aromatic heterocycles. The number of aromatic nitrogens is 3. The minimum absolute atomic E-state index is 0. The van der Waals surface area contributed by atoms with Gasteiger partial charge in [-0.15, -0.1) is 24.8 Å². The summed E-state index contributed by atoms with van der Waals surface area (Å²) in [7, 11) is 0. The standard InChI is InChI=1S/C19H17N5O.2ClH/c1-12(13-6-3-2-4-7-13)22-19-23-16(18(25)24-19)10-14-11-21-17-15(14)8-5-9-20-17;;/h2-12,25H,1H3,(H2,22,23,24);2*1H/t12-;;/m1../s1. The molecule has 3 heterocycles. The molecule has 3 N–H and O–H groups in total. The second kappa shape index (κ2) is 8.70. The van der Waals surface area contributed by atoms with Gasteiger partial charge in [0.2, 0.25) is 11.8 Å². The number of nitrogens with zero attached hydrogens (tertiary/aromatic N) is 3. The van der Waals surface area contributed by atoms with E-state index in [0.29, 0.717) is 17.5 Å². The number of allylic oxidation sites excluding steroid dienone is 1. The number of anilines is 1. The number of hydrogen-bond acceptors (Lipinski definition) is 5. The molecule has 0 saturated heterocycles. The van der Waals surface area contributed by atoms with Crippen LogP contribution in [0.1, 0.15) is 29.8 Å². The van der Waals surface area contributed by atoms with E-state index in [1.165, 1.54) is 0 Å². The summed E-state index contributed by atoms with van der Waals surface area (Å²) in [6, 6.07) is 13.9. The Labute approximate surface area is 169 Å². The maximum absolute atomic E-state index is 10.1. The van der Waals surface area contributed by atoms with Crippen LogP contribution >= 0.6 is 24.8 Å². The van der Waals surface area contributed by atoms with E-state index in [4.69, 9.17) is 0 Å². The highest BCUT2D eigenvalue weighted by molar-refractivity contribution is 6.20. The lowest BCUT2D eigenvalue weighted by Crippen LogP contribution is -2.07. The molecule has 1 aliphatic rings. The normalized spacial score (nSPS) is 14.2. The molecular weight excluding hydrogens is 385 g/mol. The molecule has 6 nitrogen and oxygen atoms in total. The van der Waals surface area contributed by atoms with Crippen molar-refractivity contribution in [3.05, 3.63) is 65.5 Å². The van der Waals surface area contributed by atoms with Gasteiger partial charge in [0.25, 0.3) is 0 Å². The van der Waals surface area contributed by atoms with Crippen LogP contribution in [-0.2, 0) is 0 Å². The first kappa shape index (κ1) is 20.5. The molecule has 0 unspecified atom stereocenters. The third-order valence-electron chi connectivity index (χ3n) is 4.09. The van der Waals surface area contributed by atoms with Gasteiger partial charge in [-0.3, -0.25) is 0 Å². The van der Waals surface area contributed by atoms with E-state index in [2.05, 4.69) is 25.3 Å². The van der Waals surface area contributed by atoms with Crippen molar-refractivity contribution in [2.24, 2.45) is 4.99 Å². The summed E-state index contributed by atoms with van der Waals surface area (Å²) in [5, 5.41) is 13.4. The van der Waals surface area contributed by atoms with Crippen molar-refractivity contribution in [3.63, 3.8) is 0 Å². The molecule has 1 aliphatic heterocycles. The van der Waals surface area contributed by atoms with Crippen LogP contribution in [0.25, 0.3) is 11.6 Å². The topological polar surface area (TPSA) is 86.2 Å². The molecule has 0 bridgehead atoms. The second-order valence-electron chi connectivity index (χ2n) is 5.83. The molecule has 1 atom stereocenters. The van der Waals surface area contributed by atoms with Gasteiger partial charge >= 0.3 is 0 Å². The molecule has 0 spiro atoms. The quantitative estimate of drug-likeness (QED) is 0.584. The highest BCUT2D eigenvalue weighted by Gasteiger charge is 2.15. The highest BCUT2D eigenvalue weighted by Crippen LogP contribution is 2.31. The van der Waals surface area contributed by atoms with Gasteiger partial charge in [-0.25, -0.2) is 9.98 Å². The average molecular weight is 404 g/mol. The smallest absolute Gasteiger partial charge is 0.238 e. The Kier molecular flexibility index (Phi) is 6.60. The first-order chi connectivity index (χ1) is 12.2. The van der Waals surface area contributed by atoms with Gasteiger partial charge in [-0.2, -0.15) is 4.98 Å². The summed E-state index contributed by atoms with van der Waals surface area (Å²) >= 11 is 0. The number of rotatable bonds is 4. The minimum atomic E-state index is -0.0546. The number of pyridine rings is 1. The molecule has 1 aromatic carbocycles. The van der Waals surface area contributed by atoms with Crippen molar-refractivity contribution in [3.8, 4) is 5.88 Å². The highest BCUT2D eigenvalue weighted by atomic mass is 35.5. The fraction of sp³-hybridized carbons (Fsp3) is 0.105. The summed E-state index contributed by atoms with van der Waals surface area (Å²) in [5.41, 5.74) is 3.48. The van der Waals surface area contributed by atoms with Gasteiger partial charge in [-0.1, -0.05) is 30.3 Å². The van der Waals surface area contributed by atoms with E-state index in [9.17, 15) is 5.11 Å². The zero-order chi connectivity index (χ0) is 17.2. The molecule has 27 heavy (non-hydrogen) atoms. The van der Waals surface area contributed by atoms with Crippen molar-refractivity contribution in [2.45, 2.75) is 13.0 Å². The molecule has 0 radical (unpaired) electrons. The Balaban J connectivity index is 0.00000131. The number of aromatic amines is 1. The maximum Gasteiger partial charge on any atom is 0.238 e. The average Bonchev–Trinajstić information content (AvgIpc) is 3.20. The molecule has 4 rings (SSSR count). The van der Waals surface area contributed by atoms with E-state index in [1.807, 2.05) is 55.5 Å². The molecule has 8 heteroatoms. The van der Waals surface area contributed by atoms with E-state index in [0.717, 1.165) is 16.7 Å². The SMILES string of the molecule is C[C@@H](Nc1nc(O)c(C=C2C=Nc3ncccc32)[nH]1)c1ccccc1.Cl.Cl. The molecule has 140 valence electrons. The van der Waals surface area contributed by atoms with Gasteiger partial charge in [0, 0.05) is 23.5 Å². The number of H-pyrrole nitrogens is 1. The predicted octanol–water partition coefficient (Wildman–Crippen LogP) is 4.78. The Morgan fingerprint density at radius 3 is 2.67 bits per heavy atom. The molecule has 0 amide bonds. The number of imidazole rings is 1. The Morgan fingerprint density at radius 1 is 1.11 bits per heavy atom. The summed E-state index contributed by atoms with van der Waals surface area (Å²) in [6.45, 7) is 2.04. The fourth-order valence-corrected chi connectivity index (χ4v) is 2.77. The van der Waals surface area contributed by atoms with Gasteiger partial charge in [-0.05, 0) is 30.7 Å². The van der Waals surface area contributed by atoms with Crippen LogP contribution < -0.4 is 5.32 Å². The van der Waals surface area contributed by atoms with Crippen LogP contribution in [0.2, 0.25) is 0 Å². The monoisotopic (exact) mass is 403 g/mol. The lowest BCUT2D eigenvalue weighted by molar-refractivity contribution is 0.455. The molecular formula is C19H19Cl2N5O. The van der Waals surface area contributed by atoms with Crippen molar-refractivity contribution >= 4 is 54.4 Å². The predicted molar refractivity (Wildman–Crippen MR) is 113 cm³/mol. The van der Waals surface area contributed by atoms with Crippen LogP contribution in [0.5, 0.6) is 5.88 Å². The Morgan fingerprint density at radius 2 is 1.89 bits per heavy atom. The maximum atomic E-state index is 10.1. The van der Waals surface area contributed by atoms with Gasteiger partial charge < -0.3 is 15.4 Å².